The first-order valence-corrected chi connectivity index (χ1v) is 9.60. The zero-order chi connectivity index (χ0) is 17.8. The van der Waals surface area contributed by atoms with Gasteiger partial charge in [-0.25, -0.2) is 9.97 Å². The minimum absolute atomic E-state index is 0.769. The van der Waals surface area contributed by atoms with E-state index in [1.54, 1.807) is 18.9 Å². The quantitative estimate of drug-likeness (QED) is 0.650. The summed E-state index contributed by atoms with van der Waals surface area (Å²) in [5.74, 6) is 2.56. The highest BCUT2D eigenvalue weighted by Gasteiger charge is 2.17. The maximum absolute atomic E-state index is 5.46. The van der Waals surface area contributed by atoms with E-state index in [-0.39, 0.29) is 0 Å². The first-order valence-electron chi connectivity index (χ1n) is 8.37. The van der Waals surface area contributed by atoms with Gasteiger partial charge in [0.2, 0.25) is 0 Å². The largest absolute Gasteiger partial charge is 0.495 e. The second-order valence-electron chi connectivity index (χ2n) is 6.22. The number of benzene rings is 1. The van der Waals surface area contributed by atoms with E-state index in [2.05, 4.69) is 40.1 Å². The molecule has 0 radical (unpaired) electrons. The molecule has 2 heterocycles. The van der Waals surface area contributed by atoms with E-state index in [0.29, 0.717) is 0 Å². The van der Waals surface area contributed by atoms with Crippen LogP contribution < -0.4 is 15.0 Å². The van der Waals surface area contributed by atoms with Gasteiger partial charge in [0.15, 0.2) is 5.16 Å². The maximum Gasteiger partial charge on any atom is 0.191 e. The Bertz CT molecular complexity index is 731. The molecule has 1 aliphatic rings. The highest BCUT2D eigenvalue weighted by atomic mass is 32.2. The summed E-state index contributed by atoms with van der Waals surface area (Å²) in [6.45, 7) is 6.12. The summed E-state index contributed by atoms with van der Waals surface area (Å²) >= 11 is 1.55. The molecule has 6 nitrogen and oxygen atoms in total. The van der Waals surface area contributed by atoms with Crippen molar-refractivity contribution >= 4 is 29.1 Å². The van der Waals surface area contributed by atoms with Gasteiger partial charge in [0, 0.05) is 32.2 Å². The van der Waals surface area contributed by atoms with Crippen molar-refractivity contribution in [1.82, 2.24) is 14.9 Å². The van der Waals surface area contributed by atoms with Gasteiger partial charge < -0.3 is 19.9 Å². The van der Waals surface area contributed by atoms with E-state index in [9.17, 15) is 0 Å². The van der Waals surface area contributed by atoms with E-state index in [1.807, 2.05) is 24.5 Å². The van der Waals surface area contributed by atoms with Crippen molar-refractivity contribution in [2.24, 2.45) is 0 Å². The third-order valence-corrected chi connectivity index (χ3v) is 4.87. The van der Waals surface area contributed by atoms with E-state index >= 15 is 0 Å². The predicted octanol–water partition coefficient (Wildman–Crippen LogP) is 3.01. The Morgan fingerprint density at radius 3 is 2.56 bits per heavy atom. The standard InChI is InChI=1S/C18H25N5OS/c1-13-5-6-15(24-3)14(11-13)19-16-12-17(21-18(20-16)25-4)23-9-7-22(2)8-10-23/h5-6,11-12H,7-10H2,1-4H3,(H,19,20,21). The van der Waals surface area contributed by atoms with Crippen LogP contribution in [-0.4, -0.2) is 61.5 Å². The van der Waals surface area contributed by atoms with Gasteiger partial charge in [-0.1, -0.05) is 17.8 Å². The van der Waals surface area contributed by atoms with Crippen molar-refractivity contribution in [2.45, 2.75) is 12.1 Å². The fourth-order valence-electron chi connectivity index (χ4n) is 2.82. The maximum atomic E-state index is 5.46. The van der Waals surface area contributed by atoms with Gasteiger partial charge in [-0.2, -0.15) is 0 Å². The number of thioether (sulfide) groups is 1. The van der Waals surface area contributed by atoms with Gasteiger partial charge in [0.25, 0.3) is 0 Å². The number of nitrogens with one attached hydrogen (secondary N) is 1. The van der Waals surface area contributed by atoms with Crippen molar-refractivity contribution in [1.29, 1.82) is 0 Å². The van der Waals surface area contributed by atoms with Crippen molar-refractivity contribution in [3.8, 4) is 5.75 Å². The normalized spacial score (nSPS) is 15.3. The number of nitrogens with zero attached hydrogens (tertiary/aromatic N) is 4. The van der Waals surface area contributed by atoms with Crippen LogP contribution in [0, 0.1) is 6.92 Å². The van der Waals surface area contributed by atoms with Crippen molar-refractivity contribution < 1.29 is 4.74 Å². The Kier molecular flexibility index (Phi) is 5.65. The molecule has 1 N–H and O–H groups in total. The van der Waals surface area contributed by atoms with Crippen LogP contribution in [0.2, 0.25) is 0 Å². The number of aryl methyl sites for hydroxylation is 1. The molecule has 25 heavy (non-hydrogen) atoms. The highest BCUT2D eigenvalue weighted by molar-refractivity contribution is 7.98. The van der Waals surface area contributed by atoms with Gasteiger partial charge >= 0.3 is 0 Å². The number of likely N-dealkylation sites (N-methyl/N-ethyl adjacent to an activating group) is 1. The third kappa shape index (κ3) is 4.35. The number of ether oxygens (including phenoxy) is 1. The topological polar surface area (TPSA) is 53.5 Å². The zero-order valence-corrected chi connectivity index (χ0v) is 16.1. The number of anilines is 3. The molecule has 0 bridgehead atoms. The molecule has 1 aliphatic heterocycles. The molecule has 0 aliphatic carbocycles. The summed E-state index contributed by atoms with van der Waals surface area (Å²) < 4.78 is 5.46. The number of aromatic nitrogens is 2. The first-order chi connectivity index (χ1) is 12.1. The molecular formula is C18H25N5OS. The van der Waals surface area contributed by atoms with E-state index in [4.69, 9.17) is 9.72 Å². The summed E-state index contributed by atoms with van der Waals surface area (Å²) in [7, 11) is 3.83. The van der Waals surface area contributed by atoms with Crippen LogP contribution in [0.25, 0.3) is 0 Å². The van der Waals surface area contributed by atoms with Crippen LogP contribution in [0.5, 0.6) is 5.75 Å². The van der Waals surface area contributed by atoms with E-state index < -0.39 is 0 Å². The Morgan fingerprint density at radius 2 is 1.88 bits per heavy atom. The molecule has 0 spiro atoms. The molecule has 0 unspecified atom stereocenters. The lowest BCUT2D eigenvalue weighted by Gasteiger charge is -2.33. The Morgan fingerprint density at radius 1 is 1.12 bits per heavy atom. The SMILES string of the molecule is COc1ccc(C)cc1Nc1cc(N2CCN(C)CC2)nc(SC)n1. The molecular weight excluding hydrogens is 334 g/mol. The number of hydrogen-bond acceptors (Lipinski definition) is 7. The molecule has 134 valence electrons. The molecule has 0 amide bonds. The van der Waals surface area contributed by atoms with Crippen LogP contribution in [0.4, 0.5) is 17.3 Å². The summed E-state index contributed by atoms with van der Waals surface area (Å²) in [5.41, 5.74) is 2.08. The average Bonchev–Trinajstić information content (AvgIpc) is 2.62. The van der Waals surface area contributed by atoms with Crippen LogP contribution in [-0.2, 0) is 0 Å². The van der Waals surface area contributed by atoms with Crippen LogP contribution in [0.3, 0.4) is 0 Å². The van der Waals surface area contributed by atoms with Crippen LogP contribution >= 0.6 is 11.8 Å². The predicted molar refractivity (Wildman–Crippen MR) is 105 cm³/mol. The fourth-order valence-corrected chi connectivity index (χ4v) is 3.20. The van der Waals surface area contributed by atoms with E-state index in [1.165, 1.54) is 5.56 Å². The van der Waals surface area contributed by atoms with Gasteiger partial charge in [-0.05, 0) is 37.9 Å². The van der Waals surface area contributed by atoms with Gasteiger partial charge in [0.1, 0.15) is 17.4 Å². The molecule has 0 atom stereocenters. The smallest absolute Gasteiger partial charge is 0.191 e. The molecule has 0 saturated carbocycles. The summed E-state index contributed by atoms with van der Waals surface area (Å²) in [4.78, 5) is 14.0. The van der Waals surface area contributed by atoms with Crippen molar-refractivity contribution in [3.63, 3.8) is 0 Å². The second-order valence-corrected chi connectivity index (χ2v) is 6.99. The Balaban J connectivity index is 1.89. The molecule has 7 heteroatoms. The highest BCUT2D eigenvalue weighted by Crippen LogP contribution is 2.30. The molecule has 1 saturated heterocycles. The van der Waals surface area contributed by atoms with Crippen molar-refractivity contribution in [3.05, 3.63) is 29.8 Å². The van der Waals surface area contributed by atoms with Crippen molar-refractivity contribution in [2.75, 3.05) is 56.8 Å². The average molecular weight is 359 g/mol. The minimum atomic E-state index is 0.769. The molecule has 1 fully saturated rings. The summed E-state index contributed by atoms with van der Waals surface area (Å²) in [6, 6.07) is 8.09. The fraction of sp³-hybridized carbons (Fsp3) is 0.444. The number of hydrogen-bond donors (Lipinski definition) is 1. The lowest BCUT2D eigenvalue weighted by molar-refractivity contribution is 0.312. The molecule has 1 aromatic carbocycles. The van der Waals surface area contributed by atoms with Gasteiger partial charge in [-0.15, -0.1) is 0 Å². The monoisotopic (exact) mass is 359 g/mol. The molecule has 3 rings (SSSR count). The minimum Gasteiger partial charge on any atom is -0.495 e. The Hall–Kier alpha value is -1.99. The third-order valence-electron chi connectivity index (χ3n) is 4.32. The lowest BCUT2D eigenvalue weighted by atomic mass is 10.2. The Labute approximate surface area is 153 Å². The number of piperazine rings is 1. The molecule has 1 aromatic heterocycles. The lowest BCUT2D eigenvalue weighted by Crippen LogP contribution is -2.44. The second kappa shape index (κ2) is 7.93. The van der Waals surface area contributed by atoms with Gasteiger partial charge in [0.05, 0.1) is 12.8 Å². The van der Waals surface area contributed by atoms with Crippen LogP contribution in [0.1, 0.15) is 5.56 Å². The zero-order valence-electron chi connectivity index (χ0n) is 15.2. The van der Waals surface area contributed by atoms with Crippen LogP contribution in [0.15, 0.2) is 29.4 Å². The van der Waals surface area contributed by atoms with E-state index in [0.717, 1.165) is 54.4 Å². The summed E-state index contributed by atoms with van der Waals surface area (Å²) in [6.07, 6.45) is 2.00. The number of rotatable bonds is 5. The van der Waals surface area contributed by atoms with Gasteiger partial charge in [-0.3, -0.25) is 0 Å². The first kappa shape index (κ1) is 17.8. The number of methoxy groups -OCH3 is 1. The molecule has 2 aromatic rings. The summed E-state index contributed by atoms with van der Waals surface area (Å²) in [5, 5.41) is 4.17.